The summed E-state index contributed by atoms with van der Waals surface area (Å²) in [4.78, 5) is 35.5. The summed E-state index contributed by atoms with van der Waals surface area (Å²) in [5.41, 5.74) is 1.22. The molecule has 0 spiro atoms. The third-order valence-corrected chi connectivity index (χ3v) is 6.18. The summed E-state index contributed by atoms with van der Waals surface area (Å²) in [5.74, 6) is 1.86. The Labute approximate surface area is 197 Å². The smallest absolute Gasteiger partial charge is 0.293 e. The summed E-state index contributed by atoms with van der Waals surface area (Å²) in [6, 6.07) is 7.27. The third kappa shape index (κ3) is 5.11. The molecule has 0 amide bonds. The molecule has 1 atom stereocenters. The van der Waals surface area contributed by atoms with Crippen molar-refractivity contribution in [3.63, 3.8) is 0 Å². The molecular weight excluding hydrogens is 442 g/mol. The number of fused-ring (bicyclic) bond motifs is 1. The first kappa shape index (κ1) is 23.0. The second-order valence-electron chi connectivity index (χ2n) is 8.51. The van der Waals surface area contributed by atoms with Gasteiger partial charge in [-0.1, -0.05) is 25.4 Å². The zero-order chi connectivity index (χ0) is 23.5. The van der Waals surface area contributed by atoms with Crippen molar-refractivity contribution in [2.45, 2.75) is 33.1 Å². The Kier molecular flexibility index (Phi) is 6.83. The first-order valence-corrected chi connectivity index (χ1v) is 11.6. The van der Waals surface area contributed by atoms with Crippen LogP contribution in [-0.4, -0.2) is 40.0 Å². The zero-order valence-corrected chi connectivity index (χ0v) is 19.9. The molecule has 174 valence electrons. The van der Waals surface area contributed by atoms with Crippen LogP contribution in [0.2, 0.25) is 5.02 Å². The number of ether oxygens (including phenoxy) is 1. The Balaban J connectivity index is 1.62. The highest BCUT2D eigenvalue weighted by Gasteiger charge is 2.20. The van der Waals surface area contributed by atoms with Gasteiger partial charge in [0, 0.05) is 37.6 Å². The van der Waals surface area contributed by atoms with Gasteiger partial charge >= 0.3 is 0 Å². The third-order valence-electron chi connectivity index (χ3n) is 5.91. The van der Waals surface area contributed by atoms with Crippen molar-refractivity contribution in [2.24, 2.45) is 13.0 Å². The number of carbonyl (C=O) groups is 1. The zero-order valence-electron chi connectivity index (χ0n) is 19.1. The summed E-state index contributed by atoms with van der Waals surface area (Å²) < 4.78 is 7.01. The number of benzene rings is 1. The molecule has 9 heteroatoms. The van der Waals surface area contributed by atoms with Crippen LogP contribution in [0.4, 0.5) is 17.5 Å². The maximum absolute atomic E-state index is 12.6. The van der Waals surface area contributed by atoms with Crippen molar-refractivity contribution in [2.75, 3.05) is 29.9 Å². The van der Waals surface area contributed by atoms with E-state index < -0.39 is 0 Å². The Bertz CT molecular complexity index is 1240. The largest absolute Gasteiger partial charge is 0.480 e. The normalized spacial score (nSPS) is 16.1. The van der Waals surface area contributed by atoms with Crippen molar-refractivity contribution in [3.05, 3.63) is 45.8 Å². The van der Waals surface area contributed by atoms with Gasteiger partial charge in [0.2, 0.25) is 5.95 Å². The van der Waals surface area contributed by atoms with Gasteiger partial charge in [-0.3, -0.25) is 9.59 Å². The molecule has 1 fully saturated rings. The molecule has 1 aliphatic heterocycles. The van der Waals surface area contributed by atoms with Crippen molar-refractivity contribution in [1.29, 1.82) is 0 Å². The van der Waals surface area contributed by atoms with Crippen LogP contribution in [0, 0.1) is 5.92 Å². The number of aromatic nitrogens is 3. The van der Waals surface area contributed by atoms with E-state index in [4.69, 9.17) is 16.3 Å². The minimum Gasteiger partial charge on any atom is -0.480 e. The SMILES string of the molecule is CCC(=O)COc1cc2cc(Nc3nc(N4CCC[C@H](C)C4)ncc3Cl)ccc2n(C)c1=O. The van der Waals surface area contributed by atoms with Gasteiger partial charge in [-0.05, 0) is 43.0 Å². The van der Waals surface area contributed by atoms with Gasteiger partial charge in [0.25, 0.3) is 5.56 Å². The summed E-state index contributed by atoms with van der Waals surface area (Å²) in [5, 5.41) is 4.49. The standard InChI is InChI=1S/C24H28ClN5O3/c1-4-18(31)14-33-21-11-16-10-17(7-8-20(16)29(3)23(21)32)27-22-19(25)12-26-24(28-22)30-9-5-6-15(2)13-30/h7-8,10-12,15H,4-6,9,13-14H2,1-3H3,(H,26,27,28)/t15-/m0/s1. The van der Waals surface area contributed by atoms with Crippen LogP contribution >= 0.6 is 11.6 Å². The van der Waals surface area contributed by atoms with Crippen molar-refractivity contribution in [3.8, 4) is 5.75 Å². The second-order valence-corrected chi connectivity index (χ2v) is 8.92. The van der Waals surface area contributed by atoms with Crippen LogP contribution in [0.15, 0.2) is 35.3 Å². The number of Topliss-reactive ketones (excluding diaryl/α,β-unsaturated/α-hetero) is 1. The van der Waals surface area contributed by atoms with E-state index in [0.29, 0.717) is 29.1 Å². The number of ketones is 1. The van der Waals surface area contributed by atoms with Crippen LogP contribution in [0.1, 0.15) is 33.1 Å². The average Bonchev–Trinajstić information content (AvgIpc) is 2.81. The van der Waals surface area contributed by atoms with E-state index >= 15 is 0 Å². The van der Waals surface area contributed by atoms with Crippen molar-refractivity contribution < 1.29 is 9.53 Å². The highest BCUT2D eigenvalue weighted by atomic mass is 35.5. The number of piperidine rings is 1. The van der Waals surface area contributed by atoms with E-state index in [2.05, 4.69) is 27.1 Å². The minimum atomic E-state index is -0.286. The molecule has 0 aliphatic carbocycles. The van der Waals surface area contributed by atoms with Gasteiger partial charge in [0.1, 0.15) is 11.6 Å². The predicted octanol–water partition coefficient (Wildman–Crippen LogP) is 4.32. The lowest BCUT2D eigenvalue weighted by Gasteiger charge is -2.31. The van der Waals surface area contributed by atoms with Crippen molar-refractivity contribution >= 4 is 45.7 Å². The second kappa shape index (κ2) is 9.79. The minimum absolute atomic E-state index is 0.0649. The molecule has 1 N–H and O–H groups in total. The average molecular weight is 470 g/mol. The van der Waals surface area contributed by atoms with Gasteiger partial charge in [0.05, 0.1) is 11.7 Å². The summed E-state index contributed by atoms with van der Waals surface area (Å²) >= 11 is 6.38. The number of nitrogens with one attached hydrogen (secondary N) is 1. The molecule has 0 bridgehead atoms. The topological polar surface area (TPSA) is 89.3 Å². The van der Waals surface area contributed by atoms with E-state index in [9.17, 15) is 9.59 Å². The number of rotatable bonds is 7. The number of pyridine rings is 1. The summed E-state index contributed by atoms with van der Waals surface area (Å²) in [6.45, 7) is 5.73. The van der Waals surface area contributed by atoms with Gasteiger partial charge in [-0.2, -0.15) is 4.98 Å². The number of nitrogens with zero attached hydrogens (tertiary/aromatic N) is 4. The fraction of sp³-hybridized carbons (Fsp3) is 0.417. The highest BCUT2D eigenvalue weighted by Crippen LogP contribution is 2.29. The Hall–Kier alpha value is -3.13. The lowest BCUT2D eigenvalue weighted by molar-refractivity contribution is -0.120. The lowest BCUT2D eigenvalue weighted by atomic mass is 10.0. The van der Waals surface area contributed by atoms with E-state index in [-0.39, 0.29) is 23.7 Å². The summed E-state index contributed by atoms with van der Waals surface area (Å²) in [7, 11) is 1.68. The molecule has 0 saturated carbocycles. The Morgan fingerprint density at radius 2 is 2.15 bits per heavy atom. The number of aryl methyl sites for hydroxylation is 1. The molecule has 1 aromatic carbocycles. The lowest BCUT2D eigenvalue weighted by Crippen LogP contribution is -2.35. The summed E-state index contributed by atoms with van der Waals surface area (Å²) in [6.07, 6.45) is 4.31. The quantitative estimate of drug-likeness (QED) is 0.551. The van der Waals surface area contributed by atoms with Crippen molar-refractivity contribution in [1.82, 2.24) is 14.5 Å². The first-order valence-electron chi connectivity index (χ1n) is 11.2. The molecule has 3 aromatic rings. The molecule has 8 nitrogen and oxygen atoms in total. The van der Waals surface area contributed by atoms with Crippen LogP contribution in [0.25, 0.3) is 10.9 Å². The van der Waals surface area contributed by atoms with Crippen LogP contribution < -0.4 is 20.5 Å². The molecule has 0 unspecified atom stereocenters. The molecule has 2 aromatic heterocycles. The molecular formula is C24H28ClN5O3. The van der Waals surface area contributed by atoms with E-state index in [1.165, 1.54) is 11.0 Å². The van der Waals surface area contributed by atoms with Gasteiger partial charge < -0.3 is 19.5 Å². The molecule has 3 heterocycles. The Morgan fingerprint density at radius 1 is 1.33 bits per heavy atom. The van der Waals surface area contributed by atoms with E-state index in [0.717, 1.165) is 36.1 Å². The van der Waals surface area contributed by atoms with E-state index in [1.807, 2.05) is 18.2 Å². The van der Waals surface area contributed by atoms with E-state index in [1.54, 1.807) is 26.2 Å². The van der Waals surface area contributed by atoms with Crippen LogP contribution in [0.5, 0.6) is 5.75 Å². The molecule has 0 radical (unpaired) electrons. The van der Waals surface area contributed by atoms with Crippen LogP contribution in [0.3, 0.4) is 0 Å². The van der Waals surface area contributed by atoms with Gasteiger partial charge in [-0.25, -0.2) is 4.98 Å². The fourth-order valence-electron chi connectivity index (χ4n) is 4.00. The number of halogens is 1. The maximum Gasteiger partial charge on any atom is 0.293 e. The van der Waals surface area contributed by atoms with Gasteiger partial charge in [-0.15, -0.1) is 0 Å². The number of anilines is 3. The number of hydrogen-bond donors (Lipinski definition) is 1. The van der Waals surface area contributed by atoms with Crippen LogP contribution in [-0.2, 0) is 11.8 Å². The maximum atomic E-state index is 12.6. The molecule has 1 saturated heterocycles. The Morgan fingerprint density at radius 3 is 2.91 bits per heavy atom. The fourth-order valence-corrected chi connectivity index (χ4v) is 4.14. The predicted molar refractivity (Wildman–Crippen MR) is 131 cm³/mol. The first-order chi connectivity index (χ1) is 15.9. The highest BCUT2D eigenvalue weighted by molar-refractivity contribution is 6.32. The van der Waals surface area contributed by atoms with Gasteiger partial charge in [0.15, 0.2) is 17.4 Å². The molecule has 1 aliphatic rings. The number of hydrogen-bond acceptors (Lipinski definition) is 7. The number of carbonyl (C=O) groups excluding carboxylic acids is 1. The molecule has 4 rings (SSSR count). The molecule has 33 heavy (non-hydrogen) atoms. The monoisotopic (exact) mass is 469 g/mol.